The first kappa shape index (κ1) is 16.0. The van der Waals surface area contributed by atoms with E-state index >= 15 is 0 Å². The first-order chi connectivity index (χ1) is 10.5. The van der Waals surface area contributed by atoms with Crippen LogP contribution in [0.2, 0.25) is 5.02 Å². The van der Waals surface area contributed by atoms with Gasteiger partial charge in [-0.25, -0.2) is 0 Å². The minimum Gasteiger partial charge on any atom is -0.306 e. The average Bonchev–Trinajstić information content (AvgIpc) is 2.47. The van der Waals surface area contributed by atoms with Gasteiger partial charge in [-0.2, -0.15) is 0 Å². The molecular weight excluding hydrogens is 358 g/mol. The highest BCUT2D eigenvalue weighted by molar-refractivity contribution is 9.10. The molecule has 3 rings (SSSR count). The summed E-state index contributed by atoms with van der Waals surface area (Å²) in [4.78, 5) is 2.34. The zero-order chi connectivity index (χ0) is 15.9. The summed E-state index contributed by atoms with van der Waals surface area (Å²) in [5, 5.41) is 0.881. The van der Waals surface area contributed by atoms with Gasteiger partial charge in [0.2, 0.25) is 0 Å². The molecule has 0 radical (unpaired) electrons. The summed E-state index contributed by atoms with van der Waals surface area (Å²) in [7, 11) is 4.34. The number of likely N-dealkylation sites (N-methyl/N-ethyl adjacent to an activating group) is 1. The monoisotopic (exact) mass is 377 g/mol. The largest absolute Gasteiger partial charge is 0.306 e. The predicted molar refractivity (Wildman–Crippen MR) is 98.0 cm³/mol. The van der Waals surface area contributed by atoms with Crippen molar-refractivity contribution in [2.24, 2.45) is 0 Å². The van der Waals surface area contributed by atoms with Crippen LogP contribution in [0.25, 0.3) is 0 Å². The van der Waals surface area contributed by atoms with E-state index in [0.717, 1.165) is 22.3 Å². The summed E-state index contributed by atoms with van der Waals surface area (Å²) < 4.78 is 1.14. The summed E-state index contributed by atoms with van der Waals surface area (Å²) in [6.07, 6.45) is 2.23. The fraction of sp³-hybridized carbons (Fsp3) is 0.368. The predicted octanol–water partition coefficient (Wildman–Crippen LogP) is 5.42. The Morgan fingerprint density at radius 3 is 2.64 bits per heavy atom. The van der Waals surface area contributed by atoms with Gasteiger partial charge in [0, 0.05) is 21.5 Å². The maximum atomic E-state index is 6.37. The van der Waals surface area contributed by atoms with E-state index in [1.54, 1.807) is 0 Å². The molecule has 0 heterocycles. The van der Waals surface area contributed by atoms with Crippen molar-refractivity contribution >= 4 is 27.5 Å². The summed E-state index contributed by atoms with van der Waals surface area (Å²) in [5.41, 5.74) is 5.39. The lowest BCUT2D eigenvalue weighted by molar-refractivity contribution is 0.258. The van der Waals surface area contributed by atoms with Gasteiger partial charge < -0.3 is 4.90 Å². The van der Waals surface area contributed by atoms with Crippen molar-refractivity contribution in [2.45, 2.75) is 31.7 Å². The smallest absolute Gasteiger partial charge is 0.0438 e. The van der Waals surface area contributed by atoms with Crippen molar-refractivity contribution in [3.63, 3.8) is 0 Å². The molecule has 0 N–H and O–H groups in total. The van der Waals surface area contributed by atoms with Crippen molar-refractivity contribution in [3.05, 3.63) is 68.1 Å². The van der Waals surface area contributed by atoms with E-state index in [-0.39, 0.29) is 0 Å². The number of aryl methyl sites for hydroxylation is 1. The van der Waals surface area contributed by atoms with E-state index in [4.69, 9.17) is 11.6 Å². The van der Waals surface area contributed by atoms with Crippen LogP contribution in [0.15, 0.2) is 40.9 Å². The lowest BCUT2D eigenvalue weighted by Crippen LogP contribution is -2.35. The molecule has 2 atom stereocenters. The van der Waals surface area contributed by atoms with Gasteiger partial charge in [-0.05, 0) is 74.3 Å². The highest BCUT2D eigenvalue weighted by Gasteiger charge is 2.29. The Morgan fingerprint density at radius 2 is 1.95 bits per heavy atom. The first-order valence-corrected chi connectivity index (χ1v) is 8.83. The third-order valence-corrected chi connectivity index (χ3v) is 5.64. The molecule has 0 spiro atoms. The topological polar surface area (TPSA) is 3.24 Å². The molecule has 0 saturated carbocycles. The van der Waals surface area contributed by atoms with E-state index in [0.29, 0.717) is 12.0 Å². The molecular formula is C19H21BrClN. The summed E-state index contributed by atoms with van der Waals surface area (Å²) >= 11 is 9.98. The molecule has 0 aromatic heterocycles. The third-order valence-electron chi connectivity index (χ3n) is 4.74. The van der Waals surface area contributed by atoms with Crippen LogP contribution in [0.5, 0.6) is 0 Å². The zero-order valence-electron chi connectivity index (χ0n) is 13.2. The number of fused-ring (bicyclic) bond motifs is 1. The maximum absolute atomic E-state index is 6.37. The average molecular weight is 379 g/mol. The van der Waals surface area contributed by atoms with Gasteiger partial charge in [-0.1, -0.05) is 45.7 Å². The SMILES string of the molecule is Cc1cc2c(cc1Cl)C[C@@H](N(C)C)C[C@@H]2c1cccc(Br)c1. The number of benzene rings is 2. The minimum absolute atomic E-state index is 0.435. The van der Waals surface area contributed by atoms with Crippen molar-refractivity contribution in [3.8, 4) is 0 Å². The van der Waals surface area contributed by atoms with E-state index in [1.165, 1.54) is 22.3 Å². The van der Waals surface area contributed by atoms with Gasteiger partial charge in [0.1, 0.15) is 0 Å². The number of halogens is 2. The van der Waals surface area contributed by atoms with Gasteiger partial charge in [-0.15, -0.1) is 0 Å². The van der Waals surface area contributed by atoms with Crippen LogP contribution in [0.4, 0.5) is 0 Å². The maximum Gasteiger partial charge on any atom is 0.0438 e. The Hall–Kier alpha value is -0.830. The Labute approximate surface area is 146 Å². The molecule has 1 aliphatic carbocycles. The molecule has 1 aliphatic rings. The molecule has 22 heavy (non-hydrogen) atoms. The fourth-order valence-electron chi connectivity index (χ4n) is 3.41. The number of rotatable bonds is 2. The summed E-state index contributed by atoms with van der Waals surface area (Å²) in [6, 6.07) is 13.7. The van der Waals surface area contributed by atoms with Gasteiger partial charge in [-0.3, -0.25) is 0 Å². The molecule has 2 aromatic rings. The van der Waals surface area contributed by atoms with E-state index in [9.17, 15) is 0 Å². The van der Waals surface area contributed by atoms with Gasteiger partial charge in [0.15, 0.2) is 0 Å². The molecule has 0 fully saturated rings. The highest BCUT2D eigenvalue weighted by Crippen LogP contribution is 2.40. The standard InChI is InChI=1S/C19H21BrClN/c1-12-7-17-14(10-19(12)21)9-16(22(2)3)11-18(17)13-5-4-6-15(20)8-13/h4-8,10,16,18H,9,11H2,1-3H3/t16-,18-/m1/s1. The molecule has 2 aromatic carbocycles. The van der Waals surface area contributed by atoms with Gasteiger partial charge >= 0.3 is 0 Å². The van der Waals surface area contributed by atoms with Crippen molar-refractivity contribution < 1.29 is 0 Å². The minimum atomic E-state index is 0.435. The van der Waals surface area contributed by atoms with Crippen molar-refractivity contribution in [1.29, 1.82) is 0 Å². The van der Waals surface area contributed by atoms with Crippen LogP contribution in [0.3, 0.4) is 0 Å². The number of hydrogen-bond acceptors (Lipinski definition) is 1. The molecule has 1 nitrogen and oxygen atoms in total. The quantitative estimate of drug-likeness (QED) is 0.674. The second kappa shape index (κ2) is 6.35. The lowest BCUT2D eigenvalue weighted by atomic mass is 9.76. The Balaban J connectivity index is 2.11. The van der Waals surface area contributed by atoms with E-state index < -0.39 is 0 Å². The first-order valence-electron chi connectivity index (χ1n) is 7.66. The Kier molecular flexibility index (Phi) is 4.63. The van der Waals surface area contributed by atoms with Crippen LogP contribution in [0.1, 0.15) is 34.6 Å². The highest BCUT2D eigenvalue weighted by atomic mass is 79.9. The van der Waals surface area contributed by atoms with Crippen molar-refractivity contribution in [2.75, 3.05) is 14.1 Å². The third kappa shape index (κ3) is 3.10. The molecule has 0 aliphatic heterocycles. The lowest BCUT2D eigenvalue weighted by Gasteiger charge is -2.36. The van der Waals surface area contributed by atoms with E-state index in [2.05, 4.69) is 78.2 Å². The number of hydrogen-bond donors (Lipinski definition) is 0. The van der Waals surface area contributed by atoms with E-state index in [1.807, 2.05) is 0 Å². The summed E-state index contributed by atoms with van der Waals surface area (Å²) in [5.74, 6) is 0.435. The summed E-state index contributed by atoms with van der Waals surface area (Å²) in [6.45, 7) is 2.10. The fourth-order valence-corrected chi connectivity index (χ4v) is 4.02. The second-order valence-corrected chi connectivity index (χ2v) is 7.79. The molecule has 3 heteroatoms. The van der Waals surface area contributed by atoms with Gasteiger partial charge in [0.05, 0.1) is 0 Å². The molecule has 0 unspecified atom stereocenters. The Bertz CT molecular complexity index is 696. The second-order valence-electron chi connectivity index (χ2n) is 6.47. The molecule has 0 amide bonds. The number of nitrogens with zero attached hydrogens (tertiary/aromatic N) is 1. The van der Waals surface area contributed by atoms with Crippen LogP contribution in [0, 0.1) is 6.92 Å². The zero-order valence-corrected chi connectivity index (χ0v) is 15.6. The Morgan fingerprint density at radius 1 is 1.18 bits per heavy atom. The van der Waals surface area contributed by atoms with Crippen LogP contribution in [-0.2, 0) is 6.42 Å². The molecule has 0 bridgehead atoms. The van der Waals surface area contributed by atoms with Crippen LogP contribution in [-0.4, -0.2) is 25.0 Å². The van der Waals surface area contributed by atoms with Crippen molar-refractivity contribution in [1.82, 2.24) is 4.90 Å². The van der Waals surface area contributed by atoms with Gasteiger partial charge in [0.25, 0.3) is 0 Å². The molecule has 116 valence electrons. The normalized spacial score (nSPS) is 21.0. The molecule has 0 saturated heterocycles. The van der Waals surface area contributed by atoms with Crippen LogP contribution < -0.4 is 0 Å². The van der Waals surface area contributed by atoms with Crippen LogP contribution >= 0.6 is 27.5 Å².